The second-order valence-corrected chi connectivity index (χ2v) is 19.8. The predicted molar refractivity (Wildman–Crippen MR) is 243 cm³/mol. The topological polar surface area (TPSA) is 151 Å². The molecule has 10 nitrogen and oxygen atoms in total. The maximum absolute atomic E-state index is 13.6. The lowest BCUT2D eigenvalue weighted by molar-refractivity contribution is -0.141. The number of carbonyl (C=O) groups is 6. The number of amides is 2. The molecular formula is C49H52N4O6S2. The third kappa shape index (κ3) is 8.41. The van der Waals surface area contributed by atoms with Crippen LogP contribution in [0.15, 0.2) is 94.1 Å². The second kappa shape index (κ2) is 17.3. The first-order chi connectivity index (χ1) is 29.2. The number of ketones is 4. The van der Waals surface area contributed by atoms with Crippen LogP contribution >= 0.6 is 23.5 Å². The summed E-state index contributed by atoms with van der Waals surface area (Å²) in [5.41, 5.74) is 8.23. The second-order valence-electron chi connectivity index (χ2n) is 17.4. The number of fused-ring (bicyclic) bond motifs is 2. The molecule has 2 aliphatic heterocycles. The van der Waals surface area contributed by atoms with Crippen LogP contribution in [0.25, 0.3) is 0 Å². The number of thioether (sulfide) groups is 2. The minimum Gasteiger partial charge on any atom is -0.380 e. The van der Waals surface area contributed by atoms with E-state index in [0.717, 1.165) is 44.8 Å². The van der Waals surface area contributed by atoms with Gasteiger partial charge in [-0.05, 0) is 91.2 Å². The molecule has 6 aliphatic rings. The molecule has 6 atom stereocenters. The van der Waals surface area contributed by atoms with Gasteiger partial charge in [-0.3, -0.25) is 28.8 Å². The van der Waals surface area contributed by atoms with Gasteiger partial charge in [0.25, 0.3) is 11.8 Å². The van der Waals surface area contributed by atoms with Crippen molar-refractivity contribution >= 4 is 69.8 Å². The molecule has 0 aromatic heterocycles. The molecule has 316 valence electrons. The molecule has 8 rings (SSSR count). The molecule has 0 saturated carbocycles. The van der Waals surface area contributed by atoms with E-state index in [1.807, 2.05) is 90.1 Å². The molecule has 0 bridgehead atoms. The van der Waals surface area contributed by atoms with Crippen LogP contribution in [0.4, 0.5) is 11.4 Å². The molecule has 61 heavy (non-hydrogen) atoms. The number of hydrogen-bond acceptors (Lipinski definition) is 10. The third-order valence-corrected chi connectivity index (χ3v) is 15.2. The van der Waals surface area contributed by atoms with Crippen molar-refractivity contribution in [3.05, 3.63) is 127 Å². The highest BCUT2D eigenvalue weighted by Crippen LogP contribution is 2.43. The Kier molecular flexibility index (Phi) is 12.0. The Morgan fingerprint density at radius 3 is 1.41 bits per heavy atom. The fraction of sp³-hybridized carbons (Fsp3) is 0.388. The molecule has 0 spiro atoms. The average Bonchev–Trinajstić information content (AvgIpc) is 3.23. The first-order valence-electron chi connectivity index (χ1n) is 21.3. The SMILES string of the molecule is Cc1cc(Cc2cc(C)c(NC(=O)C(=O)[C@@H]3CCC4=C(S[C@@H]5C=CC=C[C@@H]5N4)C3=O)c(C(C)C)c2)cc(C(C)C)c1NC(=O)C(=O)[C@H]1CCC2=C(S[C@H]3C=CC=C[C@@H]3N2)C1=O. The van der Waals surface area contributed by atoms with Crippen molar-refractivity contribution in [3.63, 3.8) is 0 Å². The first kappa shape index (κ1) is 42.5. The zero-order chi connectivity index (χ0) is 43.3. The molecule has 2 aromatic rings. The number of nitrogens with one attached hydrogen (secondary N) is 4. The van der Waals surface area contributed by atoms with Gasteiger partial charge >= 0.3 is 0 Å². The van der Waals surface area contributed by atoms with Crippen molar-refractivity contribution in [3.8, 4) is 0 Å². The normalized spacial score (nSPS) is 25.0. The van der Waals surface area contributed by atoms with Gasteiger partial charge in [-0.25, -0.2) is 0 Å². The molecule has 2 amide bonds. The zero-order valence-electron chi connectivity index (χ0n) is 35.3. The Labute approximate surface area is 365 Å². The van der Waals surface area contributed by atoms with Gasteiger partial charge in [0, 0.05) is 22.8 Å². The van der Waals surface area contributed by atoms with Crippen LogP contribution in [0.3, 0.4) is 0 Å². The van der Waals surface area contributed by atoms with E-state index in [9.17, 15) is 28.8 Å². The van der Waals surface area contributed by atoms with Crippen molar-refractivity contribution in [1.82, 2.24) is 10.6 Å². The van der Waals surface area contributed by atoms with Gasteiger partial charge in [-0.1, -0.05) is 101 Å². The van der Waals surface area contributed by atoms with Crippen molar-refractivity contribution < 1.29 is 28.8 Å². The van der Waals surface area contributed by atoms with E-state index in [2.05, 4.69) is 45.6 Å². The molecule has 2 heterocycles. The van der Waals surface area contributed by atoms with Gasteiger partial charge in [0.2, 0.25) is 11.6 Å². The summed E-state index contributed by atoms with van der Waals surface area (Å²) < 4.78 is 0. The highest BCUT2D eigenvalue weighted by molar-refractivity contribution is 8.05. The van der Waals surface area contributed by atoms with Gasteiger partial charge in [0.1, 0.15) is 0 Å². The van der Waals surface area contributed by atoms with Gasteiger partial charge in [-0.15, -0.1) is 23.5 Å². The Morgan fingerprint density at radius 2 is 1.02 bits per heavy atom. The van der Waals surface area contributed by atoms with Crippen molar-refractivity contribution in [1.29, 1.82) is 0 Å². The maximum Gasteiger partial charge on any atom is 0.292 e. The summed E-state index contributed by atoms with van der Waals surface area (Å²) >= 11 is 2.94. The Hall–Kier alpha value is -5.20. The van der Waals surface area contributed by atoms with Crippen LogP contribution in [0.5, 0.6) is 0 Å². The number of rotatable bonds is 10. The van der Waals surface area contributed by atoms with E-state index >= 15 is 0 Å². The largest absolute Gasteiger partial charge is 0.380 e. The summed E-state index contributed by atoms with van der Waals surface area (Å²) in [4.78, 5) is 82.8. The molecule has 0 saturated heterocycles. The molecule has 0 radical (unpaired) electrons. The van der Waals surface area contributed by atoms with E-state index in [1.165, 1.54) is 23.5 Å². The van der Waals surface area contributed by atoms with Crippen LogP contribution in [-0.2, 0) is 35.2 Å². The lowest BCUT2D eigenvalue weighted by atomic mass is 9.86. The lowest BCUT2D eigenvalue weighted by Gasteiger charge is -2.36. The highest BCUT2D eigenvalue weighted by Gasteiger charge is 2.43. The summed E-state index contributed by atoms with van der Waals surface area (Å²) in [6.45, 7) is 12.0. The van der Waals surface area contributed by atoms with E-state index in [4.69, 9.17) is 0 Å². The first-order valence-corrected chi connectivity index (χ1v) is 23.0. The number of Topliss-reactive ketones (excluding diaryl/α,β-unsaturated/α-hetero) is 4. The number of anilines is 2. The van der Waals surface area contributed by atoms with Crippen molar-refractivity contribution in [2.75, 3.05) is 10.6 Å². The van der Waals surface area contributed by atoms with Crippen molar-refractivity contribution in [2.24, 2.45) is 11.8 Å². The number of allylic oxidation sites excluding steroid dienone is 8. The van der Waals surface area contributed by atoms with Crippen molar-refractivity contribution in [2.45, 2.75) is 108 Å². The van der Waals surface area contributed by atoms with Crippen LogP contribution in [-0.4, -0.2) is 57.5 Å². The van der Waals surface area contributed by atoms with Crippen LogP contribution in [0.1, 0.15) is 98.6 Å². The van der Waals surface area contributed by atoms with Crippen LogP contribution in [0.2, 0.25) is 0 Å². The number of hydrogen-bond donors (Lipinski definition) is 4. The summed E-state index contributed by atoms with van der Waals surface area (Å²) in [5, 5.41) is 12.8. The molecule has 12 heteroatoms. The Balaban J connectivity index is 0.952. The third-order valence-electron chi connectivity index (χ3n) is 12.4. The van der Waals surface area contributed by atoms with E-state index in [0.29, 0.717) is 40.4 Å². The molecule has 4 N–H and O–H groups in total. The van der Waals surface area contributed by atoms with Crippen LogP contribution < -0.4 is 21.3 Å². The van der Waals surface area contributed by atoms with Gasteiger partial charge in [-0.2, -0.15) is 0 Å². The lowest BCUT2D eigenvalue weighted by Crippen LogP contribution is -2.45. The molecular weight excluding hydrogens is 805 g/mol. The summed E-state index contributed by atoms with van der Waals surface area (Å²) in [6, 6.07) is 8.32. The maximum atomic E-state index is 13.6. The Bertz CT molecular complexity index is 2290. The smallest absolute Gasteiger partial charge is 0.292 e. The summed E-state index contributed by atoms with van der Waals surface area (Å²) in [7, 11) is 0. The van der Waals surface area contributed by atoms with Crippen LogP contribution in [0, 0.1) is 25.7 Å². The average molecular weight is 857 g/mol. The van der Waals surface area contributed by atoms with Gasteiger partial charge < -0.3 is 21.3 Å². The van der Waals surface area contributed by atoms with E-state index in [1.54, 1.807) is 0 Å². The van der Waals surface area contributed by atoms with Gasteiger partial charge in [0.05, 0.1) is 44.2 Å². The predicted octanol–water partition coefficient (Wildman–Crippen LogP) is 7.94. The van der Waals surface area contributed by atoms with E-state index < -0.39 is 35.2 Å². The highest BCUT2D eigenvalue weighted by atomic mass is 32.2. The minimum absolute atomic E-state index is 0.0106. The quantitative estimate of drug-likeness (QED) is 0.137. The fourth-order valence-electron chi connectivity index (χ4n) is 9.19. The number of carbonyl (C=O) groups excluding carboxylic acids is 6. The minimum atomic E-state index is -1.02. The molecule has 0 unspecified atom stereocenters. The summed E-state index contributed by atoms with van der Waals surface area (Å²) in [6.07, 6.45) is 18.3. The van der Waals surface area contributed by atoms with E-state index in [-0.39, 0.29) is 58.8 Å². The standard InChI is InChI=1S/C49H52N4O6S2/c1-24(2)32-22-28(19-26(5)40(32)52-48(58)44(56)30-15-17-36-46(42(30)54)60-38-13-9-7-11-34(38)50-36)21-29-20-27(6)41(33(23-29)25(3)4)53-49(59)45(57)31-16-18-37-47(43(31)55)61-39-14-10-8-12-35(39)51-37/h7-14,19-20,22-25,30-31,34-35,38-39,50-51H,15-18,21H2,1-6H3,(H,52,58)(H,53,59)/t30-,31+,34-,35-,38-,39+/m0/s1. The monoisotopic (exact) mass is 856 g/mol. The zero-order valence-corrected chi connectivity index (χ0v) is 37.0. The molecule has 4 aliphatic carbocycles. The van der Waals surface area contributed by atoms with Gasteiger partial charge in [0.15, 0.2) is 11.6 Å². The fourth-order valence-corrected chi connectivity index (χ4v) is 11.8. The number of benzene rings is 2. The summed E-state index contributed by atoms with van der Waals surface area (Å²) in [5.74, 6) is -5.59. The Morgan fingerprint density at radius 1 is 0.623 bits per heavy atom. The molecule has 0 fully saturated rings. The number of aryl methyl sites for hydroxylation is 2. The molecule has 2 aromatic carbocycles.